The van der Waals surface area contributed by atoms with Crippen LogP contribution in [0.5, 0.6) is 0 Å². The third-order valence-electron chi connectivity index (χ3n) is 8.62. The third kappa shape index (κ3) is 2.87. The van der Waals surface area contributed by atoms with Crippen LogP contribution in [0.3, 0.4) is 0 Å². The minimum atomic E-state index is -1.14. The maximum atomic E-state index is 14.3. The maximum Gasteiger partial charge on any atom is 0.238 e. The summed E-state index contributed by atoms with van der Waals surface area (Å²) in [4.78, 5) is 59.2. The number of amides is 4. The second-order valence-corrected chi connectivity index (χ2v) is 11.9. The number of imide groups is 2. The summed E-state index contributed by atoms with van der Waals surface area (Å²) in [5.74, 6) is -5.05. The molecule has 188 valence electrons. The SMILES string of the molecule is O=C1[C@@H]2C3C=CC(c4ccccc4)([C@@H]4C(=O)N(c5ccccc5Br)C(=O)[C@@H]34)[C@H]2C(=O)N1c1ccccc1Br. The number of hydrogen-bond donors (Lipinski definition) is 0. The van der Waals surface area contributed by atoms with Crippen LogP contribution in [0.1, 0.15) is 5.56 Å². The first kappa shape index (κ1) is 23.7. The Bertz CT molecular complexity index is 1500. The number of allylic oxidation sites excluding steroid dienone is 2. The summed E-state index contributed by atoms with van der Waals surface area (Å²) in [6.07, 6.45) is 3.83. The van der Waals surface area contributed by atoms with Gasteiger partial charge < -0.3 is 0 Å². The molecule has 2 heterocycles. The van der Waals surface area contributed by atoms with Gasteiger partial charge in [0.15, 0.2) is 0 Å². The predicted molar refractivity (Wildman–Crippen MR) is 148 cm³/mol. The normalized spacial score (nSPS) is 31.3. The summed E-state index contributed by atoms with van der Waals surface area (Å²) in [5, 5.41) is 0. The van der Waals surface area contributed by atoms with Gasteiger partial charge in [0.1, 0.15) is 0 Å². The topological polar surface area (TPSA) is 74.8 Å². The standard InChI is InChI=1S/C30H20Br2N2O4/c31-18-10-4-6-12-20(18)33-26(35)22-17-14-15-30(24(22)28(33)37,16-8-2-1-3-9-16)25-23(17)27(36)34(29(25)38)21-13-7-5-11-19(21)32/h1-15,17,22-25H/t17?,22-,23+,24-,25+,30?. The van der Waals surface area contributed by atoms with Gasteiger partial charge in [0, 0.05) is 20.3 Å². The summed E-state index contributed by atoms with van der Waals surface area (Å²) >= 11 is 6.98. The minimum absolute atomic E-state index is 0.334. The Hall–Kier alpha value is -3.36. The molecule has 6 nitrogen and oxygen atoms in total. The number of hydrogen-bond acceptors (Lipinski definition) is 4. The lowest BCUT2D eigenvalue weighted by Gasteiger charge is -2.53. The number of carbonyl (C=O) groups excluding carboxylic acids is 4. The first-order valence-corrected chi connectivity index (χ1v) is 14.0. The van der Waals surface area contributed by atoms with E-state index in [0.717, 1.165) is 5.56 Å². The van der Waals surface area contributed by atoms with Gasteiger partial charge in [-0.25, -0.2) is 9.80 Å². The number of halogens is 2. The van der Waals surface area contributed by atoms with Gasteiger partial charge in [-0.15, -0.1) is 0 Å². The van der Waals surface area contributed by atoms with Crippen LogP contribution < -0.4 is 9.80 Å². The molecule has 2 aliphatic heterocycles. The van der Waals surface area contributed by atoms with Gasteiger partial charge in [-0.1, -0.05) is 66.7 Å². The third-order valence-corrected chi connectivity index (χ3v) is 9.96. The molecule has 38 heavy (non-hydrogen) atoms. The van der Waals surface area contributed by atoms with E-state index in [1.54, 1.807) is 36.4 Å². The van der Waals surface area contributed by atoms with Crippen LogP contribution in [0.4, 0.5) is 11.4 Å². The summed E-state index contributed by atoms with van der Waals surface area (Å²) in [5.41, 5.74) is 0.551. The van der Waals surface area contributed by atoms with Crippen LogP contribution in [0, 0.1) is 29.6 Å². The van der Waals surface area contributed by atoms with Crippen LogP contribution in [0.2, 0.25) is 0 Å². The predicted octanol–water partition coefficient (Wildman–Crippen LogP) is 5.26. The van der Waals surface area contributed by atoms with E-state index in [0.29, 0.717) is 20.3 Å². The molecule has 6 atom stereocenters. The highest BCUT2D eigenvalue weighted by atomic mass is 79.9. The highest BCUT2D eigenvalue weighted by Crippen LogP contribution is 2.65. The van der Waals surface area contributed by atoms with Crippen molar-refractivity contribution in [2.24, 2.45) is 29.6 Å². The summed E-state index contributed by atoms with van der Waals surface area (Å²) in [6.45, 7) is 0. The van der Waals surface area contributed by atoms with Gasteiger partial charge in [-0.05, 0) is 61.7 Å². The van der Waals surface area contributed by atoms with Crippen molar-refractivity contribution >= 4 is 66.9 Å². The van der Waals surface area contributed by atoms with Crippen molar-refractivity contribution in [1.29, 1.82) is 0 Å². The molecule has 3 aromatic rings. The van der Waals surface area contributed by atoms with Crippen molar-refractivity contribution in [2.75, 3.05) is 9.80 Å². The number of benzene rings is 3. The minimum Gasteiger partial charge on any atom is -0.274 e. The van der Waals surface area contributed by atoms with Crippen LogP contribution in [0.15, 0.2) is 100.0 Å². The number of rotatable bonds is 3. The quantitative estimate of drug-likeness (QED) is 0.292. The van der Waals surface area contributed by atoms with Crippen molar-refractivity contribution < 1.29 is 19.2 Å². The molecule has 0 spiro atoms. The lowest BCUT2D eigenvalue weighted by molar-refractivity contribution is -0.140. The molecule has 8 heteroatoms. The molecule has 3 aromatic carbocycles. The highest BCUT2D eigenvalue weighted by molar-refractivity contribution is 9.11. The number of anilines is 2. The van der Waals surface area contributed by atoms with Gasteiger partial charge >= 0.3 is 0 Å². The Morgan fingerprint density at radius 3 is 1.50 bits per heavy atom. The van der Waals surface area contributed by atoms with E-state index in [1.165, 1.54) is 9.80 Å². The molecule has 3 fully saturated rings. The maximum absolute atomic E-state index is 14.3. The number of para-hydroxylation sites is 2. The van der Waals surface area contributed by atoms with E-state index in [4.69, 9.17) is 0 Å². The van der Waals surface area contributed by atoms with Gasteiger partial charge in [-0.3, -0.25) is 19.2 Å². The van der Waals surface area contributed by atoms with Gasteiger partial charge in [0.25, 0.3) is 0 Å². The Morgan fingerprint density at radius 2 is 1.03 bits per heavy atom. The second kappa shape index (κ2) is 8.32. The van der Waals surface area contributed by atoms with E-state index in [9.17, 15) is 19.2 Å². The largest absolute Gasteiger partial charge is 0.274 e. The van der Waals surface area contributed by atoms with E-state index < -0.39 is 35.0 Å². The first-order valence-electron chi connectivity index (χ1n) is 12.4. The monoisotopic (exact) mass is 630 g/mol. The zero-order chi connectivity index (χ0) is 26.3. The molecule has 2 bridgehead atoms. The molecule has 2 unspecified atom stereocenters. The Morgan fingerprint density at radius 1 is 0.579 bits per heavy atom. The molecular formula is C30H20Br2N2O4. The average molecular weight is 632 g/mol. The zero-order valence-electron chi connectivity index (χ0n) is 19.8. The fourth-order valence-corrected chi connectivity index (χ4v) is 8.14. The lowest BCUT2D eigenvalue weighted by atomic mass is 9.45. The van der Waals surface area contributed by atoms with E-state index in [2.05, 4.69) is 31.9 Å². The van der Waals surface area contributed by atoms with E-state index in [-0.39, 0.29) is 23.6 Å². The molecule has 4 amide bonds. The van der Waals surface area contributed by atoms with Crippen molar-refractivity contribution in [1.82, 2.24) is 0 Å². The Labute approximate surface area is 235 Å². The van der Waals surface area contributed by atoms with Crippen molar-refractivity contribution in [3.05, 3.63) is 106 Å². The molecule has 5 aliphatic rings. The van der Waals surface area contributed by atoms with Crippen LogP contribution in [-0.2, 0) is 24.6 Å². The molecule has 0 aromatic heterocycles. The smallest absolute Gasteiger partial charge is 0.238 e. The molecule has 0 radical (unpaired) electrons. The highest BCUT2D eigenvalue weighted by Gasteiger charge is 2.75. The van der Waals surface area contributed by atoms with Crippen LogP contribution in [0.25, 0.3) is 0 Å². The Balaban J connectivity index is 1.45. The molecule has 3 aliphatic carbocycles. The Kier molecular flexibility index (Phi) is 5.20. The fourth-order valence-electron chi connectivity index (χ4n) is 7.22. The van der Waals surface area contributed by atoms with E-state index in [1.807, 2.05) is 54.6 Å². The van der Waals surface area contributed by atoms with Crippen molar-refractivity contribution in [2.45, 2.75) is 5.41 Å². The molecular weight excluding hydrogens is 612 g/mol. The van der Waals surface area contributed by atoms with E-state index >= 15 is 0 Å². The average Bonchev–Trinajstić information content (AvgIpc) is 3.37. The number of carbonyl (C=O) groups is 4. The zero-order valence-corrected chi connectivity index (χ0v) is 23.0. The molecule has 2 saturated heterocycles. The van der Waals surface area contributed by atoms with Gasteiger partial charge in [0.05, 0.1) is 35.0 Å². The molecule has 8 rings (SSSR count). The van der Waals surface area contributed by atoms with Crippen molar-refractivity contribution in [3.63, 3.8) is 0 Å². The van der Waals surface area contributed by atoms with Crippen LogP contribution in [-0.4, -0.2) is 23.6 Å². The molecule has 1 saturated carbocycles. The second-order valence-electron chi connectivity index (χ2n) is 10.2. The summed E-state index contributed by atoms with van der Waals surface area (Å²) in [6, 6.07) is 23.6. The van der Waals surface area contributed by atoms with Crippen molar-refractivity contribution in [3.8, 4) is 0 Å². The first-order chi connectivity index (χ1) is 18.4. The summed E-state index contributed by atoms with van der Waals surface area (Å²) < 4.78 is 1.25. The van der Waals surface area contributed by atoms with Crippen LogP contribution >= 0.6 is 31.9 Å². The van der Waals surface area contributed by atoms with Gasteiger partial charge in [-0.2, -0.15) is 0 Å². The summed E-state index contributed by atoms with van der Waals surface area (Å²) in [7, 11) is 0. The number of nitrogens with zero attached hydrogens (tertiary/aromatic N) is 2. The molecule has 0 N–H and O–H groups in total. The fraction of sp³-hybridized carbons (Fsp3) is 0.200. The lowest BCUT2D eigenvalue weighted by Crippen LogP contribution is -2.60. The van der Waals surface area contributed by atoms with Gasteiger partial charge in [0.2, 0.25) is 23.6 Å².